The topological polar surface area (TPSA) is 32.5 Å². The van der Waals surface area contributed by atoms with Crippen molar-refractivity contribution in [1.82, 2.24) is 4.90 Å². The van der Waals surface area contributed by atoms with Gasteiger partial charge in [0, 0.05) is 37.3 Å². The van der Waals surface area contributed by atoms with Crippen molar-refractivity contribution in [2.45, 2.75) is 27.2 Å². The average Bonchev–Trinajstić information content (AvgIpc) is 2.45. The smallest absolute Gasteiger partial charge is 0.0784 e. The molecule has 0 atom stereocenters. The number of rotatable bonds is 5. The number of thiocarbonyl (C=S) groups is 1. The van der Waals surface area contributed by atoms with Gasteiger partial charge in [-0.3, -0.25) is 4.90 Å². The molecule has 1 saturated heterocycles. The molecule has 1 fully saturated rings. The Balaban J connectivity index is 1.82. The minimum absolute atomic E-state index is 0.0387. The lowest BCUT2D eigenvalue weighted by molar-refractivity contribution is 0.233. The summed E-state index contributed by atoms with van der Waals surface area (Å²) in [6.45, 7) is 11.9. The van der Waals surface area contributed by atoms with Gasteiger partial charge in [0.1, 0.15) is 0 Å². The quantitative estimate of drug-likeness (QED) is 0.848. The highest BCUT2D eigenvalue weighted by molar-refractivity contribution is 7.80. The number of nitrogens with two attached hydrogens (primary N) is 1. The number of nitrogens with zero attached hydrogens (tertiary/aromatic N) is 2. The Morgan fingerprint density at radius 2 is 1.90 bits per heavy atom. The highest BCUT2D eigenvalue weighted by atomic mass is 32.1. The van der Waals surface area contributed by atoms with Crippen molar-refractivity contribution in [3.05, 3.63) is 29.8 Å². The van der Waals surface area contributed by atoms with Crippen LogP contribution in [0.15, 0.2) is 24.3 Å². The monoisotopic (exact) mass is 305 g/mol. The first-order valence-electron chi connectivity index (χ1n) is 7.72. The molecule has 116 valence electrons. The number of benzene rings is 1. The van der Waals surface area contributed by atoms with Crippen LogP contribution < -0.4 is 10.6 Å². The Labute approximate surface area is 134 Å². The van der Waals surface area contributed by atoms with E-state index in [9.17, 15) is 0 Å². The van der Waals surface area contributed by atoms with E-state index in [1.54, 1.807) is 0 Å². The van der Waals surface area contributed by atoms with Gasteiger partial charge in [0.05, 0.1) is 4.99 Å². The molecule has 0 radical (unpaired) electrons. The third-order valence-electron chi connectivity index (χ3n) is 4.46. The van der Waals surface area contributed by atoms with Gasteiger partial charge < -0.3 is 10.6 Å². The van der Waals surface area contributed by atoms with Gasteiger partial charge in [-0.15, -0.1) is 0 Å². The Kier molecular flexibility index (Phi) is 5.22. The molecule has 2 rings (SSSR count). The first-order valence-corrected chi connectivity index (χ1v) is 8.13. The lowest BCUT2D eigenvalue weighted by Gasteiger charge is -2.37. The molecule has 0 unspecified atom stereocenters. The molecule has 0 amide bonds. The Morgan fingerprint density at radius 3 is 2.48 bits per heavy atom. The van der Waals surface area contributed by atoms with Crippen LogP contribution >= 0.6 is 12.2 Å². The molecule has 21 heavy (non-hydrogen) atoms. The highest BCUT2D eigenvalue weighted by Crippen LogP contribution is 2.22. The zero-order valence-electron chi connectivity index (χ0n) is 13.4. The van der Waals surface area contributed by atoms with Crippen molar-refractivity contribution in [3.63, 3.8) is 0 Å². The molecule has 0 bridgehead atoms. The largest absolute Gasteiger partial charge is 0.393 e. The van der Waals surface area contributed by atoms with Gasteiger partial charge in [-0.05, 0) is 37.6 Å². The summed E-state index contributed by atoms with van der Waals surface area (Å²) in [5.74, 6) is 0. The summed E-state index contributed by atoms with van der Waals surface area (Å²) in [6.07, 6.45) is 1.03. The number of aryl methyl sites for hydroxylation is 1. The van der Waals surface area contributed by atoms with E-state index in [0.29, 0.717) is 4.99 Å². The number of hydrogen-bond donors (Lipinski definition) is 1. The van der Waals surface area contributed by atoms with Gasteiger partial charge in [-0.25, -0.2) is 0 Å². The van der Waals surface area contributed by atoms with E-state index in [1.807, 2.05) is 0 Å². The molecule has 1 aliphatic rings. The van der Waals surface area contributed by atoms with Crippen molar-refractivity contribution in [3.8, 4) is 0 Å². The first-order chi connectivity index (χ1) is 9.88. The highest BCUT2D eigenvalue weighted by Gasteiger charge is 2.24. The summed E-state index contributed by atoms with van der Waals surface area (Å²) in [6, 6.07) is 8.77. The van der Waals surface area contributed by atoms with Crippen molar-refractivity contribution in [2.75, 3.05) is 37.6 Å². The zero-order chi connectivity index (χ0) is 15.5. The fourth-order valence-electron chi connectivity index (χ4n) is 2.62. The predicted molar refractivity (Wildman–Crippen MR) is 95.0 cm³/mol. The average molecular weight is 305 g/mol. The van der Waals surface area contributed by atoms with E-state index < -0.39 is 0 Å². The van der Waals surface area contributed by atoms with Crippen LogP contribution in [0, 0.1) is 12.3 Å². The van der Waals surface area contributed by atoms with Crippen LogP contribution in [0.5, 0.6) is 0 Å². The van der Waals surface area contributed by atoms with Crippen molar-refractivity contribution in [1.29, 1.82) is 0 Å². The van der Waals surface area contributed by atoms with E-state index in [-0.39, 0.29) is 5.41 Å². The minimum atomic E-state index is -0.0387. The third kappa shape index (κ3) is 4.42. The van der Waals surface area contributed by atoms with Crippen molar-refractivity contribution < 1.29 is 0 Å². The first kappa shape index (κ1) is 16.2. The number of piperazine rings is 1. The van der Waals surface area contributed by atoms with Crippen molar-refractivity contribution in [2.24, 2.45) is 11.1 Å². The molecule has 2 N–H and O–H groups in total. The summed E-state index contributed by atoms with van der Waals surface area (Å²) < 4.78 is 0. The molecule has 0 aliphatic carbocycles. The normalized spacial score (nSPS) is 17.0. The maximum Gasteiger partial charge on any atom is 0.0784 e. The van der Waals surface area contributed by atoms with Crippen LogP contribution in [0.4, 0.5) is 5.69 Å². The van der Waals surface area contributed by atoms with E-state index in [4.69, 9.17) is 18.0 Å². The van der Waals surface area contributed by atoms with Crippen molar-refractivity contribution >= 4 is 22.9 Å². The van der Waals surface area contributed by atoms with E-state index in [2.05, 4.69) is 54.8 Å². The number of hydrogen-bond acceptors (Lipinski definition) is 3. The standard InChI is InChI=1S/C17H27N3S/c1-14-5-4-6-15(13-14)20-11-9-19(10-12-20)8-7-17(2,3)16(18)21/h4-6,13H,7-12H2,1-3H3,(H2,18,21). The van der Waals surface area contributed by atoms with Gasteiger partial charge in [-0.2, -0.15) is 0 Å². The summed E-state index contributed by atoms with van der Waals surface area (Å²) in [4.78, 5) is 5.62. The maximum absolute atomic E-state index is 5.80. The maximum atomic E-state index is 5.80. The molecule has 3 nitrogen and oxygen atoms in total. The Morgan fingerprint density at radius 1 is 1.24 bits per heavy atom. The van der Waals surface area contributed by atoms with Crippen LogP contribution in [-0.2, 0) is 0 Å². The SMILES string of the molecule is Cc1cccc(N2CCN(CCC(C)(C)C(N)=S)CC2)c1. The second-order valence-corrected chi connectivity index (χ2v) is 7.11. The van der Waals surface area contributed by atoms with Crippen LogP contribution in [0.2, 0.25) is 0 Å². The Bertz CT molecular complexity index is 491. The van der Waals surface area contributed by atoms with Gasteiger partial charge in [0.25, 0.3) is 0 Å². The van der Waals surface area contributed by atoms with Gasteiger partial charge >= 0.3 is 0 Å². The molecule has 0 aromatic heterocycles. The minimum Gasteiger partial charge on any atom is -0.393 e. The predicted octanol–water partition coefficient (Wildman–Crippen LogP) is 2.82. The summed E-state index contributed by atoms with van der Waals surface area (Å²) >= 11 is 5.14. The Hall–Kier alpha value is -1.13. The van der Waals surface area contributed by atoms with Gasteiger partial charge in [0.2, 0.25) is 0 Å². The molecular formula is C17H27N3S. The molecule has 1 aromatic rings. The van der Waals surface area contributed by atoms with Crippen LogP contribution in [0.25, 0.3) is 0 Å². The molecule has 0 spiro atoms. The molecule has 1 aliphatic heterocycles. The van der Waals surface area contributed by atoms with Crippen LogP contribution in [-0.4, -0.2) is 42.6 Å². The molecule has 1 heterocycles. The van der Waals surface area contributed by atoms with Gasteiger partial charge in [0.15, 0.2) is 0 Å². The summed E-state index contributed by atoms with van der Waals surface area (Å²) in [5.41, 5.74) is 8.44. The van der Waals surface area contributed by atoms with Gasteiger partial charge in [-0.1, -0.05) is 38.2 Å². The number of anilines is 1. The third-order valence-corrected chi connectivity index (χ3v) is 5.01. The lowest BCUT2D eigenvalue weighted by atomic mass is 9.89. The lowest BCUT2D eigenvalue weighted by Crippen LogP contribution is -2.47. The second kappa shape index (κ2) is 6.75. The fourth-order valence-corrected chi connectivity index (χ4v) is 2.72. The van der Waals surface area contributed by atoms with E-state index in [1.165, 1.54) is 11.3 Å². The van der Waals surface area contributed by atoms with E-state index >= 15 is 0 Å². The second-order valence-electron chi connectivity index (χ2n) is 6.67. The van der Waals surface area contributed by atoms with E-state index in [0.717, 1.165) is 39.1 Å². The molecule has 1 aromatic carbocycles. The molecular weight excluding hydrogens is 278 g/mol. The summed E-state index contributed by atoms with van der Waals surface area (Å²) in [7, 11) is 0. The summed E-state index contributed by atoms with van der Waals surface area (Å²) in [5, 5.41) is 0. The van der Waals surface area contributed by atoms with Crippen LogP contribution in [0.3, 0.4) is 0 Å². The van der Waals surface area contributed by atoms with Crippen LogP contribution in [0.1, 0.15) is 25.8 Å². The molecule has 0 saturated carbocycles. The fraction of sp³-hybridized carbons (Fsp3) is 0.588. The molecule has 4 heteroatoms. The zero-order valence-corrected chi connectivity index (χ0v) is 14.2.